The van der Waals surface area contributed by atoms with Crippen LogP contribution in [0.25, 0.3) is 0 Å². The third kappa shape index (κ3) is 4.81. The number of carbonyl (C=O) groups excluding carboxylic acids is 1. The summed E-state index contributed by atoms with van der Waals surface area (Å²) >= 11 is 0. The number of nitrogens with one attached hydrogen (secondary N) is 2. The van der Waals surface area contributed by atoms with E-state index in [1.165, 1.54) is 24.5 Å². The molecule has 5 nitrogen and oxygen atoms in total. The summed E-state index contributed by atoms with van der Waals surface area (Å²) in [6.07, 6.45) is -1.84. The molecule has 0 bridgehead atoms. The Morgan fingerprint density at radius 3 is 2.26 bits per heavy atom. The molecule has 8 heteroatoms. The van der Waals surface area contributed by atoms with Gasteiger partial charge in [0.2, 0.25) is 5.95 Å². The minimum Gasteiger partial charge on any atom is -0.324 e. The number of aryl methyl sites for hydroxylation is 1. The zero-order valence-electron chi connectivity index (χ0n) is 14.2. The van der Waals surface area contributed by atoms with Crippen LogP contribution >= 0.6 is 0 Å². The molecular formula is C19H15F3N4O. The molecule has 0 saturated carbocycles. The standard InChI is InChI=1S/C19H15F3N4O/c1-12-5-7-15(8-6-12)25-17(27)13-10-23-18(24-11-13)26-16-4-2-3-14(9-16)19(20,21)22/h2-11H,1H3,(H,25,27)(H,23,24,26). The number of amides is 1. The number of aromatic nitrogens is 2. The second-order valence-corrected chi connectivity index (χ2v) is 5.82. The predicted molar refractivity (Wildman–Crippen MR) is 95.9 cm³/mol. The van der Waals surface area contributed by atoms with Gasteiger partial charge in [-0.25, -0.2) is 9.97 Å². The Bertz CT molecular complexity index is 938. The number of rotatable bonds is 4. The van der Waals surface area contributed by atoms with Crippen molar-refractivity contribution in [3.63, 3.8) is 0 Å². The SMILES string of the molecule is Cc1ccc(NC(=O)c2cnc(Nc3cccc(C(F)(F)F)c3)nc2)cc1. The highest BCUT2D eigenvalue weighted by Crippen LogP contribution is 2.31. The molecule has 27 heavy (non-hydrogen) atoms. The Morgan fingerprint density at radius 2 is 1.63 bits per heavy atom. The minimum absolute atomic E-state index is 0.0845. The van der Waals surface area contributed by atoms with Crippen molar-refractivity contribution in [2.45, 2.75) is 13.1 Å². The van der Waals surface area contributed by atoms with Gasteiger partial charge < -0.3 is 10.6 Å². The van der Waals surface area contributed by atoms with Crippen molar-refractivity contribution in [1.82, 2.24) is 9.97 Å². The molecule has 0 fully saturated rings. The van der Waals surface area contributed by atoms with Crippen LogP contribution in [0.2, 0.25) is 0 Å². The van der Waals surface area contributed by atoms with Crippen molar-refractivity contribution >= 4 is 23.2 Å². The van der Waals surface area contributed by atoms with Crippen LogP contribution in [-0.4, -0.2) is 15.9 Å². The smallest absolute Gasteiger partial charge is 0.324 e. The van der Waals surface area contributed by atoms with E-state index in [0.717, 1.165) is 17.7 Å². The molecule has 3 aromatic rings. The maximum atomic E-state index is 12.7. The summed E-state index contributed by atoms with van der Waals surface area (Å²) in [6, 6.07) is 12.0. The highest BCUT2D eigenvalue weighted by molar-refractivity contribution is 6.03. The van der Waals surface area contributed by atoms with Crippen LogP contribution in [-0.2, 0) is 6.18 Å². The largest absolute Gasteiger partial charge is 0.416 e. The van der Waals surface area contributed by atoms with Crippen molar-refractivity contribution < 1.29 is 18.0 Å². The molecule has 0 aliphatic carbocycles. The average molecular weight is 372 g/mol. The highest BCUT2D eigenvalue weighted by atomic mass is 19.4. The van der Waals surface area contributed by atoms with Gasteiger partial charge >= 0.3 is 6.18 Å². The molecule has 3 rings (SSSR count). The molecule has 1 aromatic heterocycles. The van der Waals surface area contributed by atoms with Crippen molar-refractivity contribution in [3.05, 3.63) is 77.6 Å². The van der Waals surface area contributed by atoms with Gasteiger partial charge in [-0.3, -0.25) is 4.79 Å². The summed E-state index contributed by atoms with van der Waals surface area (Å²) in [4.78, 5) is 20.1. The van der Waals surface area contributed by atoms with E-state index in [9.17, 15) is 18.0 Å². The van der Waals surface area contributed by atoms with Crippen LogP contribution in [0.1, 0.15) is 21.5 Å². The summed E-state index contributed by atoms with van der Waals surface area (Å²) in [6.45, 7) is 1.94. The maximum Gasteiger partial charge on any atom is 0.416 e. The monoisotopic (exact) mass is 372 g/mol. The van der Waals surface area contributed by atoms with E-state index < -0.39 is 11.7 Å². The van der Waals surface area contributed by atoms with Crippen LogP contribution in [0.3, 0.4) is 0 Å². The van der Waals surface area contributed by atoms with Gasteiger partial charge in [-0.05, 0) is 37.3 Å². The lowest BCUT2D eigenvalue weighted by Crippen LogP contribution is -2.13. The first-order valence-corrected chi connectivity index (χ1v) is 7.95. The number of alkyl halides is 3. The second-order valence-electron chi connectivity index (χ2n) is 5.82. The van der Waals surface area contributed by atoms with Crippen molar-refractivity contribution in [1.29, 1.82) is 0 Å². The molecule has 0 spiro atoms. The Labute approximate surface area is 153 Å². The van der Waals surface area contributed by atoms with Gasteiger partial charge in [0.05, 0.1) is 11.1 Å². The topological polar surface area (TPSA) is 66.9 Å². The third-order valence-corrected chi connectivity index (χ3v) is 3.67. The Balaban J connectivity index is 1.68. The molecule has 1 amide bonds. The first-order chi connectivity index (χ1) is 12.8. The van der Waals surface area contributed by atoms with E-state index in [2.05, 4.69) is 20.6 Å². The van der Waals surface area contributed by atoms with E-state index in [1.807, 2.05) is 19.1 Å². The van der Waals surface area contributed by atoms with Crippen LogP contribution in [0.15, 0.2) is 60.9 Å². The lowest BCUT2D eigenvalue weighted by molar-refractivity contribution is -0.137. The molecule has 0 aliphatic heterocycles. The number of nitrogens with zero attached hydrogens (tertiary/aromatic N) is 2. The van der Waals surface area contributed by atoms with Gasteiger partial charge in [-0.15, -0.1) is 0 Å². The lowest BCUT2D eigenvalue weighted by atomic mass is 10.2. The van der Waals surface area contributed by atoms with E-state index in [-0.39, 0.29) is 23.1 Å². The van der Waals surface area contributed by atoms with E-state index in [1.54, 1.807) is 12.1 Å². The van der Waals surface area contributed by atoms with E-state index >= 15 is 0 Å². The van der Waals surface area contributed by atoms with E-state index in [0.29, 0.717) is 5.69 Å². The number of carbonyl (C=O) groups is 1. The van der Waals surface area contributed by atoms with Gasteiger partial charge in [0.25, 0.3) is 5.91 Å². The van der Waals surface area contributed by atoms with Gasteiger partial charge in [0.15, 0.2) is 0 Å². The van der Waals surface area contributed by atoms with Crippen LogP contribution < -0.4 is 10.6 Å². The summed E-state index contributed by atoms with van der Waals surface area (Å²) in [5, 5.41) is 5.40. The predicted octanol–water partition coefficient (Wildman–Crippen LogP) is 4.80. The van der Waals surface area contributed by atoms with Gasteiger partial charge in [0.1, 0.15) is 0 Å². The molecule has 0 atom stereocenters. The molecular weight excluding hydrogens is 357 g/mol. The maximum absolute atomic E-state index is 12.7. The Morgan fingerprint density at radius 1 is 0.963 bits per heavy atom. The fraction of sp³-hybridized carbons (Fsp3) is 0.105. The van der Waals surface area contributed by atoms with Gasteiger partial charge in [-0.2, -0.15) is 13.2 Å². The number of benzene rings is 2. The molecule has 0 unspecified atom stereocenters. The number of halogens is 3. The number of anilines is 3. The molecule has 0 saturated heterocycles. The zero-order chi connectivity index (χ0) is 19.4. The minimum atomic E-state index is -4.43. The van der Waals surface area contributed by atoms with Crippen molar-refractivity contribution in [3.8, 4) is 0 Å². The number of hydrogen-bond acceptors (Lipinski definition) is 4. The Hall–Kier alpha value is -3.42. The average Bonchev–Trinajstić information content (AvgIpc) is 2.64. The van der Waals surface area contributed by atoms with Gasteiger partial charge in [-0.1, -0.05) is 23.8 Å². The molecule has 0 radical (unpaired) electrons. The van der Waals surface area contributed by atoms with Crippen molar-refractivity contribution in [2.24, 2.45) is 0 Å². The molecule has 138 valence electrons. The van der Waals surface area contributed by atoms with Crippen LogP contribution in [0.5, 0.6) is 0 Å². The van der Waals surface area contributed by atoms with Gasteiger partial charge in [0, 0.05) is 23.8 Å². The molecule has 1 heterocycles. The van der Waals surface area contributed by atoms with Crippen molar-refractivity contribution in [2.75, 3.05) is 10.6 Å². The first kappa shape index (κ1) is 18.4. The summed E-state index contributed by atoms with van der Waals surface area (Å²) in [5.41, 5.74) is 1.35. The first-order valence-electron chi connectivity index (χ1n) is 7.95. The highest BCUT2D eigenvalue weighted by Gasteiger charge is 2.30. The lowest BCUT2D eigenvalue weighted by Gasteiger charge is -2.10. The van der Waals surface area contributed by atoms with Crippen LogP contribution in [0.4, 0.5) is 30.5 Å². The zero-order valence-corrected chi connectivity index (χ0v) is 14.2. The number of hydrogen-bond donors (Lipinski definition) is 2. The third-order valence-electron chi connectivity index (χ3n) is 3.67. The normalized spacial score (nSPS) is 11.1. The summed E-state index contributed by atoms with van der Waals surface area (Å²) in [7, 11) is 0. The Kier molecular flexibility index (Phi) is 5.07. The summed E-state index contributed by atoms with van der Waals surface area (Å²) < 4.78 is 38.2. The summed E-state index contributed by atoms with van der Waals surface area (Å²) in [5.74, 6) is -0.300. The fourth-order valence-corrected chi connectivity index (χ4v) is 2.25. The molecule has 2 N–H and O–H groups in total. The second kappa shape index (κ2) is 7.45. The molecule has 0 aliphatic rings. The quantitative estimate of drug-likeness (QED) is 0.690. The van der Waals surface area contributed by atoms with Crippen LogP contribution in [0, 0.1) is 6.92 Å². The molecule has 2 aromatic carbocycles. The van der Waals surface area contributed by atoms with E-state index in [4.69, 9.17) is 0 Å². The fourth-order valence-electron chi connectivity index (χ4n) is 2.25.